The number of aromatic amines is 1. The maximum absolute atomic E-state index is 13.6. The van der Waals surface area contributed by atoms with Crippen LogP contribution < -0.4 is 0 Å². The van der Waals surface area contributed by atoms with E-state index < -0.39 is 11.6 Å². The standard InChI is InChI=1S/C16H20F2N4O/c1-23-16-10-22(9-12(16)15-8-19-21-20-15)7-3-4-11-13(17)5-2-6-14(11)18/h2,5-6,8,12,16H,3-4,7,9-10H2,1H3,(H,19,20,21)/t12-,16+/m0/s1. The highest BCUT2D eigenvalue weighted by Crippen LogP contribution is 2.28. The topological polar surface area (TPSA) is 54.0 Å². The SMILES string of the molecule is CO[C@@H]1CN(CCCc2c(F)cccc2F)C[C@H]1c1cn[nH]n1. The largest absolute Gasteiger partial charge is 0.379 e. The lowest BCUT2D eigenvalue weighted by Crippen LogP contribution is -2.24. The fraction of sp³-hybridized carbons (Fsp3) is 0.500. The van der Waals surface area contributed by atoms with Gasteiger partial charge in [-0.05, 0) is 31.5 Å². The molecule has 7 heteroatoms. The molecule has 1 fully saturated rings. The normalized spacial score (nSPS) is 21.9. The number of rotatable bonds is 6. The number of hydrogen-bond acceptors (Lipinski definition) is 4. The van der Waals surface area contributed by atoms with E-state index in [0.29, 0.717) is 12.8 Å². The van der Waals surface area contributed by atoms with Crippen LogP contribution >= 0.6 is 0 Å². The predicted octanol–water partition coefficient (Wildman–Crippen LogP) is 2.13. The molecule has 23 heavy (non-hydrogen) atoms. The molecule has 0 bridgehead atoms. The molecule has 2 heterocycles. The number of likely N-dealkylation sites (tertiary alicyclic amines) is 1. The Morgan fingerprint density at radius 3 is 2.74 bits per heavy atom. The number of nitrogens with zero attached hydrogens (tertiary/aromatic N) is 3. The van der Waals surface area contributed by atoms with Crippen LogP contribution in [0.15, 0.2) is 24.4 Å². The molecular weight excluding hydrogens is 302 g/mol. The molecule has 1 aromatic heterocycles. The first-order valence-corrected chi connectivity index (χ1v) is 7.72. The zero-order valence-corrected chi connectivity index (χ0v) is 13.0. The Morgan fingerprint density at radius 1 is 1.30 bits per heavy atom. The summed E-state index contributed by atoms with van der Waals surface area (Å²) in [6.45, 7) is 2.36. The van der Waals surface area contributed by atoms with Crippen LogP contribution in [0.5, 0.6) is 0 Å². The highest BCUT2D eigenvalue weighted by molar-refractivity contribution is 5.19. The first-order chi connectivity index (χ1) is 11.2. The molecule has 3 rings (SSSR count). The van der Waals surface area contributed by atoms with E-state index in [9.17, 15) is 8.78 Å². The van der Waals surface area contributed by atoms with Crippen molar-refractivity contribution < 1.29 is 13.5 Å². The van der Waals surface area contributed by atoms with Crippen LogP contribution in [0.2, 0.25) is 0 Å². The summed E-state index contributed by atoms with van der Waals surface area (Å²) in [5.74, 6) is -0.771. The minimum absolute atomic E-state index is 0.0605. The van der Waals surface area contributed by atoms with Gasteiger partial charge in [0.25, 0.3) is 0 Å². The molecule has 0 radical (unpaired) electrons. The van der Waals surface area contributed by atoms with E-state index in [4.69, 9.17) is 4.74 Å². The molecule has 1 aliphatic heterocycles. The molecule has 0 saturated carbocycles. The Balaban J connectivity index is 1.55. The second-order valence-electron chi connectivity index (χ2n) is 5.84. The Labute approximate surface area is 133 Å². The van der Waals surface area contributed by atoms with Crippen molar-refractivity contribution in [3.8, 4) is 0 Å². The Kier molecular flexibility index (Phi) is 4.97. The van der Waals surface area contributed by atoms with Crippen molar-refractivity contribution in [2.75, 3.05) is 26.7 Å². The van der Waals surface area contributed by atoms with Gasteiger partial charge in [0.05, 0.1) is 18.0 Å². The maximum Gasteiger partial charge on any atom is 0.129 e. The van der Waals surface area contributed by atoms with Crippen molar-refractivity contribution in [1.82, 2.24) is 20.3 Å². The molecule has 0 amide bonds. The quantitative estimate of drug-likeness (QED) is 0.885. The van der Waals surface area contributed by atoms with Crippen LogP contribution in [0, 0.1) is 11.6 Å². The number of hydrogen-bond donors (Lipinski definition) is 1. The number of aromatic nitrogens is 3. The van der Waals surface area contributed by atoms with E-state index in [1.165, 1.54) is 18.2 Å². The number of H-pyrrole nitrogens is 1. The van der Waals surface area contributed by atoms with Crippen molar-refractivity contribution in [2.24, 2.45) is 0 Å². The van der Waals surface area contributed by atoms with E-state index in [0.717, 1.165) is 25.3 Å². The van der Waals surface area contributed by atoms with Crippen LogP contribution in [0.4, 0.5) is 8.78 Å². The third kappa shape index (κ3) is 3.56. The van der Waals surface area contributed by atoms with Gasteiger partial charge in [0, 0.05) is 31.7 Å². The Morgan fingerprint density at radius 2 is 2.09 bits per heavy atom. The molecule has 1 aromatic carbocycles. The second-order valence-corrected chi connectivity index (χ2v) is 5.84. The number of methoxy groups -OCH3 is 1. The summed E-state index contributed by atoms with van der Waals surface area (Å²) in [6, 6.07) is 3.99. The summed E-state index contributed by atoms with van der Waals surface area (Å²) >= 11 is 0. The smallest absolute Gasteiger partial charge is 0.129 e. The van der Waals surface area contributed by atoms with Gasteiger partial charge in [0.1, 0.15) is 11.6 Å². The zero-order valence-electron chi connectivity index (χ0n) is 13.0. The Hall–Kier alpha value is -1.86. The predicted molar refractivity (Wildman–Crippen MR) is 81.0 cm³/mol. The molecule has 1 aliphatic rings. The van der Waals surface area contributed by atoms with Crippen molar-refractivity contribution >= 4 is 0 Å². The minimum atomic E-state index is -0.471. The highest BCUT2D eigenvalue weighted by atomic mass is 19.1. The monoisotopic (exact) mass is 322 g/mol. The van der Waals surface area contributed by atoms with E-state index in [-0.39, 0.29) is 17.6 Å². The summed E-state index contributed by atoms with van der Waals surface area (Å²) < 4.78 is 32.8. The summed E-state index contributed by atoms with van der Waals surface area (Å²) in [5.41, 5.74) is 1.06. The van der Waals surface area contributed by atoms with Crippen LogP contribution in [-0.2, 0) is 11.2 Å². The van der Waals surface area contributed by atoms with Gasteiger partial charge in [0.2, 0.25) is 0 Å². The average Bonchev–Trinajstić information content (AvgIpc) is 3.19. The summed E-state index contributed by atoms with van der Waals surface area (Å²) in [6.07, 6.45) is 2.86. The fourth-order valence-electron chi connectivity index (χ4n) is 3.20. The van der Waals surface area contributed by atoms with Crippen LogP contribution in [0.1, 0.15) is 23.6 Å². The minimum Gasteiger partial charge on any atom is -0.379 e. The number of ether oxygens (including phenoxy) is 1. The van der Waals surface area contributed by atoms with E-state index >= 15 is 0 Å². The van der Waals surface area contributed by atoms with Crippen molar-refractivity contribution in [3.05, 3.63) is 47.3 Å². The molecule has 2 aromatic rings. The third-order valence-electron chi connectivity index (χ3n) is 4.42. The van der Waals surface area contributed by atoms with Gasteiger partial charge in [-0.25, -0.2) is 8.78 Å². The van der Waals surface area contributed by atoms with Gasteiger partial charge in [-0.3, -0.25) is 4.90 Å². The van der Waals surface area contributed by atoms with Crippen LogP contribution in [-0.4, -0.2) is 53.2 Å². The molecule has 1 saturated heterocycles. The van der Waals surface area contributed by atoms with Crippen molar-refractivity contribution in [2.45, 2.75) is 24.9 Å². The van der Waals surface area contributed by atoms with Crippen LogP contribution in [0.25, 0.3) is 0 Å². The molecule has 124 valence electrons. The van der Waals surface area contributed by atoms with Gasteiger partial charge < -0.3 is 4.74 Å². The molecule has 5 nitrogen and oxygen atoms in total. The van der Waals surface area contributed by atoms with Gasteiger partial charge in [0.15, 0.2) is 0 Å². The summed E-state index contributed by atoms with van der Waals surface area (Å²) in [4.78, 5) is 2.24. The number of benzene rings is 1. The average molecular weight is 322 g/mol. The lowest BCUT2D eigenvalue weighted by atomic mass is 10.0. The van der Waals surface area contributed by atoms with Crippen molar-refractivity contribution in [1.29, 1.82) is 0 Å². The van der Waals surface area contributed by atoms with Crippen molar-refractivity contribution in [3.63, 3.8) is 0 Å². The first-order valence-electron chi connectivity index (χ1n) is 7.72. The molecule has 2 atom stereocenters. The van der Waals surface area contributed by atoms with Gasteiger partial charge in [-0.2, -0.15) is 15.4 Å². The lowest BCUT2D eigenvalue weighted by Gasteiger charge is -2.15. The molecular formula is C16H20F2N4O. The molecule has 0 aliphatic carbocycles. The fourth-order valence-corrected chi connectivity index (χ4v) is 3.20. The maximum atomic E-state index is 13.6. The van der Waals surface area contributed by atoms with Gasteiger partial charge >= 0.3 is 0 Å². The molecule has 0 unspecified atom stereocenters. The zero-order chi connectivity index (χ0) is 16.2. The first kappa shape index (κ1) is 16.0. The van der Waals surface area contributed by atoms with Gasteiger partial charge in [-0.15, -0.1) is 0 Å². The number of nitrogens with one attached hydrogen (secondary N) is 1. The van der Waals surface area contributed by atoms with E-state index in [1.807, 2.05) is 0 Å². The molecule has 0 spiro atoms. The summed E-state index contributed by atoms with van der Waals surface area (Å²) in [5, 5.41) is 10.6. The van der Waals surface area contributed by atoms with E-state index in [2.05, 4.69) is 20.3 Å². The third-order valence-corrected chi connectivity index (χ3v) is 4.42. The summed E-state index contributed by atoms with van der Waals surface area (Å²) in [7, 11) is 1.69. The van der Waals surface area contributed by atoms with E-state index in [1.54, 1.807) is 13.3 Å². The van der Waals surface area contributed by atoms with Crippen LogP contribution in [0.3, 0.4) is 0 Å². The molecule has 1 N–H and O–H groups in total. The Bertz CT molecular complexity index is 615. The number of halogens is 2. The second kappa shape index (κ2) is 7.14. The highest BCUT2D eigenvalue weighted by Gasteiger charge is 2.35. The van der Waals surface area contributed by atoms with Gasteiger partial charge in [-0.1, -0.05) is 6.07 Å². The lowest BCUT2D eigenvalue weighted by molar-refractivity contribution is 0.0963.